The van der Waals surface area contributed by atoms with Crippen LogP contribution >= 0.6 is 11.6 Å². The summed E-state index contributed by atoms with van der Waals surface area (Å²) in [5, 5.41) is 13.4. The number of carbonyl (C=O) groups is 2. The molecule has 0 radical (unpaired) electrons. The van der Waals surface area contributed by atoms with E-state index < -0.39 is 23.4 Å². The van der Waals surface area contributed by atoms with Crippen LogP contribution in [0.4, 0.5) is 5.69 Å². The Bertz CT molecular complexity index is 576. The molecule has 0 heterocycles. The summed E-state index contributed by atoms with van der Waals surface area (Å²) < 4.78 is 4.83. The zero-order chi connectivity index (χ0) is 16.7. The molecule has 1 atom stereocenters. The third-order valence-corrected chi connectivity index (χ3v) is 3.17. The molecule has 7 nitrogen and oxygen atoms in total. The summed E-state index contributed by atoms with van der Waals surface area (Å²) in [6, 6.07) is 3.41. The highest BCUT2D eigenvalue weighted by atomic mass is 35.5. The molecule has 0 fully saturated rings. The van der Waals surface area contributed by atoms with Crippen molar-refractivity contribution >= 4 is 29.2 Å². The first kappa shape index (κ1) is 17.9. The number of hydrogen-bond acceptors (Lipinski definition) is 5. The van der Waals surface area contributed by atoms with E-state index in [0.29, 0.717) is 0 Å². The molecule has 0 aliphatic heterocycles. The van der Waals surface area contributed by atoms with Crippen molar-refractivity contribution in [2.24, 2.45) is 0 Å². The lowest BCUT2D eigenvalue weighted by Crippen LogP contribution is -2.35. The second-order valence-electron chi connectivity index (χ2n) is 4.75. The molecule has 0 spiro atoms. The van der Waals surface area contributed by atoms with Crippen LogP contribution in [0.1, 0.15) is 37.0 Å². The Morgan fingerprint density at radius 2 is 2.14 bits per heavy atom. The summed E-state index contributed by atoms with van der Waals surface area (Å²) in [4.78, 5) is 33.5. The van der Waals surface area contributed by atoms with Crippen LogP contribution < -0.4 is 5.32 Å². The van der Waals surface area contributed by atoms with E-state index in [9.17, 15) is 19.7 Å². The van der Waals surface area contributed by atoms with Gasteiger partial charge in [-0.15, -0.1) is 0 Å². The third kappa shape index (κ3) is 5.33. The van der Waals surface area contributed by atoms with Gasteiger partial charge in [-0.2, -0.15) is 0 Å². The lowest BCUT2D eigenvalue weighted by atomic mass is 10.2. The number of nitrogens with zero attached hydrogens (tertiary/aromatic N) is 1. The SMILES string of the molecule is CCCC(C)NC(=O)COC(=O)c1cc([N+](=O)[O-])ccc1Cl. The van der Waals surface area contributed by atoms with Crippen molar-refractivity contribution < 1.29 is 19.2 Å². The molecule has 1 amide bonds. The number of amides is 1. The molecule has 22 heavy (non-hydrogen) atoms. The molecule has 1 rings (SSSR count). The van der Waals surface area contributed by atoms with Crippen LogP contribution in [-0.4, -0.2) is 29.4 Å². The smallest absolute Gasteiger partial charge is 0.340 e. The molecule has 1 aromatic rings. The minimum atomic E-state index is -0.882. The fourth-order valence-corrected chi connectivity index (χ4v) is 2.01. The molecule has 0 aromatic heterocycles. The van der Waals surface area contributed by atoms with E-state index in [-0.39, 0.29) is 22.3 Å². The van der Waals surface area contributed by atoms with E-state index in [1.54, 1.807) is 0 Å². The summed E-state index contributed by atoms with van der Waals surface area (Å²) in [6.07, 6.45) is 1.74. The van der Waals surface area contributed by atoms with E-state index in [0.717, 1.165) is 18.9 Å². The molecule has 1 N–H and O–H groups in total. The van der Waals surface area contributed by atoms with Gasteiger partial charge in [-0.3, -0.25) is 14.9 Å². The van der Waals surface area contributed by atoms with Crippen LogP contribution in [0.5, 0.6) is 0 Å². The van der Waals surface area contributed by atoms with Crippen LogP contribution in [0.3, 0.4) is 0 Å². The number of non-ortho nitro benzene ring substituents is 1. The van der Waals surface area contributed by atoms with E-state index in [1.165, 1.54) is 12.1 Å². The minimum Gasteiger partial charge on any atom is -0.452 e. The predicted molar refractivity (Wildman–Crippen MR) is 80.9 cm³/mol. The molecule has 1 aromatic carbocycles. The maximum atomic E-state index is 11.8. The second-order valence-corrected chi connectivity index (χ2v) is 5.16. The first-order chi connectivity index (χ1) is 10.3. The number of nitro groups is 1. The van der Waals surface area contributed by atoms with Gasteiger partial charge in [0.25, 0.3) is 11.6 Å². The number of nitro benzene ring substituents is 1. The summed E-state index contributed by atoms with van der Waals surface area (Å²) >= 11 is 5.81. The number of halogens is 1. The molecule has 120 valence electrons. The normalized spacial score (nSPS) is 11.6. The fraction of sp³-hybridized carbons (Fsp3) is 0.429. The maximum absolute atomic E-state index is 11.8. The van der Waals surface area contributed by atoms with Gasteiger partial charge in [-0.25, -0.2) is 4.79 Å². The summed E-state index contributed by atoms with van der Waals surface area (Å²) in [7, 11) is 0. The van der Waals surface area contributed by atoms with Crippen molar-refractivity contribution in [3.63, 3.8) is 0 Å². The zero-order valence-electron chi connectivity index (χ0n) is 12.3. The van der Waals surface area contributed by atoms with Gasteiger partial charge in [0.15, 0.2) is 6.61 Å². The molecule has 8 heteroatoms. The van der Waals surface area contributed by atoms with Crippen molar-refractivity contribution in [2.45, 2.75) is 32.7 Å². The van der Waals surface area contributed by atoms with Crippen molar-refractivity contribution in [1.82, 2.24) is 5.32 Å². The van der Waals surface area contributed by atoms with Crippen molar-refractivity contribution in [3.05, 3.63) is 38.9 Å². The number of rotatable bonds is 7. The standard InChI is InChI=1S/C14H17ClN2O5/c1-3-4-9(2)16-13(18)8-22-14(19)11-7-10(17(20)21)5-6-12(11)15/h5-7,9H,3-4,8H2,1-2H3,(H,16,18). The predicted octanol–water partition coefficient (Wildman–Crippen LogP) is 2.71. The summed E-state index contributed by atoms with van der Waals surface area (Å²) in [5.41, 5.74) is -0.428. The highest BCUT2D eigenvalue weighted by Gasteiger charge is 2.18. The van der Waals surface area contributed by atoms with Crippen LogP contribution in [0.25, 0.3) is 0 Å². The Kier molecular flexibility index (Phi) is 6.78. The largest absolute Gasteiger partial charge is 0.452 e. The van der Waals surface area contributed by atoms with E-state index in [1.807, 2.05) is 13.8 Å². The zero-order valence-corrected chi connectivity index (χ0v) is 13.1. The van der Waals surface area contributed by atoms with Gasteiger partial charge in [-0.05, 0) is 19.4 Å². The fourth-order valence-electron chi connectivity index (χ4n) is 1.81. The Labute approximate surface area is 132 Å². The Balaban J connectivity index is 2.64. The van der Waals surface area contributed by atoms with Gasteiger partial charge >= 0.3 is 5.97 Å². The number of benzene rings is 1. The number of esters is 1. The number of carbonyl (C=O) groups excluding carboxylic acids is 2. The van der Waals surface area contributed by atoms with Crippen LogP contribution in [-0.2, 0) is 9.53 Å². The topological polar surface area (TPSA) is 98.5 Å². The average molecular weight is 329 g/mol. The Morgan fingerprint density at radius 3 is 2.73 bits per heavy atom. The molecule has 0 aliphatic rings. The van der Waals surface area contributed by atoms with Gasteiger partial charge in [0.1, 0.15) is 0 Å². The first-order valence-corrected chi connectivity index (χ1v) is 7.13. The maximum Gasteiger partial charge on any atom is 0.340 e. The number of nitrogens with one attached hydrogen (secondary N) is 1. The van der Waals surface area contributed by atoms with Gasteiger partial charge in [0, 0.05) is 18.2 Å². The molecular formula is C14H17ClN2O5. The molecule has 1 unspecified atom stereocenters. The lowest BCUT2D eigenvalue weighted by molar-refractivity contribution is -0.384. The molecular weight excluding hydrogens is 312 g/mol. The highest BCUT2D eigenvalue weighted by molar-refractivity contribution is 6.33. The summed E-state index contributed by atoms with van der Waals surface area (Å²) in [5.74, 6) is -1.32. The third-order valence-electron chi connectivity index (χ3n) is 2.84. The van der Waals surface area contributed by atoms with Crippen LogP contribution in [0.2, 0.25) is 5.02 Å². The van der Waals surface area contributed by atoms with Crippen LogP contribution in [0.15, 0.2) is 18.2 Å². The van der Waals surface area contributed by atoms with Crippen molar-refractivity contribution in [1.29, 1.82) is 0 Å². The van der Waals surface area contributed by atoms with Gasteiger partial charge in [-0.1, -0.05) is 24.9 Å². The molecule has 0 aliphatic carbocycles. The molecule has 0 saturated carbocycles. The van der Waals surface area contributed by atoms with E-state index >= 15 is 0 Å². The van der Waals surface area contributed by atoms with Crippen molar-refractivity contribution in [3.8, 4) is 0 Å². The minimum absolute atomic E-state index is 0.0161. The number of hydrogen-bond donors (Lipinski definition) is 1. The molecule has 0 bridgehead atoms. The summed E-state index contributed by atoms with van der Waals surface area (Å²) in [6.45, 7) is 3.37. The molecule has 0 saturated heterocycles. The van der Waals surface area contributed by atoms with E-state index in [4.69, 9.17) is 16.3 Å². The van der Waals surface area contributed by atoms with Gasteiger partial charge in [0.05, 0.1) is 15.5 Å². The monoisotopic (exact) mass is 328 g/mol. The average Bonchev–Trinajstić information content (AvgIpc) is 2.45. The lowest BCUT2D eigenvalue weighted by Gasteiger charge is -2.12. The first-order valence-electron chi connectivity index (χ1n) is 6.75. The quantitative estimate of drug-likeness (QED) is 0.471. The Hall–Kier alpha value is -2.15. The second kappa shape index (κ2) is 8.33. The Morgan fingerprint density at radius 1 is 1.45 bits per heavy atom. The van der Waals surface area contributed by atoms with Crippen LogP contribution in [0, 0.1) is 10.1 Å². The van der Waals surface area contributed by atoms with Gasteiger partial charge in [0.2, 0.25) is 0 Å². The highest BCUT2D eigenvalue weighted by Crippen LogP contribution is 2.22. The number of ether oxygens (including phenoxy) is 1. The van der Waals surface area contributed by atoms with Gasteiger partial charge < -0.3 is 10.1 Å². The van der Waals surface area contributed by atoms with Crippen molar-refractivity contribution in [2.75, 3.05) is 6.61 Å². The van der Waals surface area contributed by atoms with E-state index in [2.05, 4.69) is 5.32 Å².